The van der Waals surface area contributed by atoms with Crippen molar-refractivity contribution in [1.82, 2.24) is 0 Å². The molecule has 1 aliphatic carbocycles. The molecule has 1 aliphatic heterocycles. The van der Waals surface area contributed by atoms with E-state index in [-0.39, 0.29) is 0 Å². The highest BCUT2D eigenvalue weighted by Gasteiger charge is 2.47. The molecule has 1 heterocycles. The lowest BCUT2D eigenvalue weighted by molar-refractivity contribution is -0.0447. The summed E-state index contributed by atoms with van der Waals surface area (Å²) in [6.07, 6.45) is -0.789. The maximum absolute atomic E-state index is 13.4. The molecule has 19 heavy (non-hydrogen) atoms. The van der Waals surface area contributed by atoms with Gasteiger partial charge in [0.1, 0.15) is 0 Å². The second kappa shape index (κ2) is 5.11. The van der Waals surface area contributed by atoms with Crippen LogP contribution in [0.5, 0.6) is 0 Å². The summed E-state index contributed by atoms with van der Waals surface area (Å²) < 4.78 is 38.5. The van der Waals surface area contributed by atoms with Crippen molar-refractivity contribution in [1.29, 1.82) is 0 Å². The van der Waals surface area contributed by atoms with Crippen LogP contribution in [-0.4, -0.2) is 19.6 Å². The third-order valence-corrected chi connectivity index (χ3v) is 4.51. The summed E-state index contributed by atoms with van der Waals surface area (Å²) in [5, 5.41) is 0. The number of hydrogen-bond donors (Lipinski definition) is 0. The molecule has 0 spiro atoms. The minimum atomic E-state index is -2.33. The van der Waals surface area contributed by atoms with Gasteiger partial charge in [0.2, 0.25) is 6.43 Å². The Bertz CT molecular complexity index is 469. The molecule has 2 nitrogen and oxygen atoms in total. The van der Waals surface area contributed by atoms with Crippen molar-refractivity contribution in [3.05, 3.63) is 33.8 Å². The van der Waals surface area contributed by atoms with Gasteiger partial charge in [-0.1, -0.05) is 22.4 Å². The molecule has 5 heteroatoms. The Kier molecular flexibility index (Phi) is 3.62. The molecule has 104 valence electrons. The summed E-state index contributed by atoms with van der Waals surface area (Å²) >= 11 is 3.40. The second-order valence-electron chi connectivity index (χ2n) is 5.16. The fourth-order valence-electron chi connectivity index (χ4n) is 2.78. The van der Waals surface area contributed by atoms with Crippen molar-refractivity contribution in [3.8, 4) is 0 Å². The molecule has 0 amide bonds. The minimum absolute atomic E-state index is 0.425. The van der Waals surface area contributed by atoms with Gasteiger partial charge in [0.25, 0.3) is 0 Å². The van der Waals surface area contributed by atoms with Gasteiger partial charge in [0.15, 0.2) is 6.29 Å². The van der Waals surface area contributed by atoms with Crippen LogP contribution in [0.2, 0.25) is 0 Å². The minimum Gasteiger partial charge on any atom is -0.346 e. The summed E-state index contributed by atoms with van der Waals surface area (Å²) in [5.74, 6) is 0. The predicted molar refractivity (Wildman–Crippen MR) is 70.3 cm³/mol. The molecule has 0 unspecified atom stereocenters. The zero-order valence-electron chi connectivity index (χ0n) is 10.4. The van der Waals surface area contributed by atoms with Gasteiger partial charge in [-0.3, -0.25) is 0 Å². The average molecular weight is 333 g/mol. The van der Waals surface area contributed by atoms with Crippen LogP contribution in [-0.2, 0) is 14.9 Å². The maximum Gasteiger partial charge on any atom is 0.248 e. The summed E-state index contributed by atoms with van der Waals surface area (Å²) in [5.41, 5.74) is 0.531. The molecule has 1 aromatic carbocycles. The molecular formula is C14H15BrF2O2. The Hall–Kier alpha value is -0.520. The summed E-state index contributed by atoms with van der Waals surface area (Å²) in [4.78, 5) is 0. The highest BCUT2D eigenvalue weighted by atomic mass is 79.9. The van der Waals surface area contributed by atoms with Crippen LogP contribution in [0.4, 0.5) is 8.78 Å². The molecule has 3 rings (SSSR count). The Morgan fingerprint density at radius 2 is 1.84 bits per heavy atom. The average Bonchev–Trinajstić information content (AvgIpc) is 2.79. The molecule has 0 atom stereocenters. The monoisotopic (exact) mass is 332 g/mol. The smallest absolute Gasteiger partial charge is 0.248 e. The van der Waals surface area contributed by atoms with E-state index >= 15 is 0 Å². The first-order valence-corrected chi connectivity index (χ1v) is 7.23. The molecule has 2 aliphatic rings. The van der Waals surface area contributed by atoms with Crippen LogP contribution in [0, 0.1) is 0 Å². The zero-order chi connectivity index (χ0) is 13.5. The molecule has 0 aromatic heterocycles. The SMILES string of the molecule is FC(F)C1(c2cc(Br)cc(C3OCCO3)c2)CCC1. The molecule has 0 radical (unpaired) electrons. The third kappa shape index (κ3) is 2.32. The lowest BCUT2D eigenvalue weighted by Crippen LogP contribution is -2.41. The summed E-state index contributed by atoms with van der Waals surface area (Å²) in [6, 6.07) is 5.48. The van der Waals surface area contributed by atoms with Crippen molar-refractivity contribution >= 4 is 15.9 Å². The van der Waals surface area contributed by atoms with Crippen molar-refractivity contribution in [2.45, 2.75) is 37.4 Å². The first-order chi connectivity index (χ1) is 9.12. The van der Waals surface area contributed by atoms with Crippen LogP contribution < -0.4 is 0 Å². The predicted octanol–water partition coefficient (Wildman–Crippen LogP) is 4.18. The lowest BCUT2D eigenvalue weighted by atomic mass is 9.64. The van der Waals surface area contributed by atoms with E-state index in [1.165, 1.54) is 0 Å². The molecule has 0 bridgehead atoms. The van der Waals surface area contributed by atoms with Gasteiger partial charge >= 0.3 is 0 Å². The number of benzene rings is 1. The standard InChI is InChI=1S/C14H15BrF2O2/c15-11-7-9(12-18-4-5-19-12)6-10(8-11)14(13(16)17)2-1-3-14/h6-8,12-13H,1-5H2. The topological polar surface area (TPSA) is 18.5 Å². The summed E-state index contributed by atoms with van der Waals surface area (Å²) in [6.45, 7) is 1.10. The summed E-state index contributed by atoms with van der Waals surface area (Å²) in [7, 11) is 0. The Morgan fingerprint density at radius 1 is 1.16 bits per heavy atom. The quantitative estimate of drug-likeness (QED) is 0.826. The van der Waals surface area contributed by atoms with Crippen LogP contribution in [0.3, 0.4) is 0 Å². The molecule has 2 fully saturated rings. The number of alkyl halides is 2. The van der Waals surface area contributed by atoms with E-state index in [4.69, 9.17) is 9.47 Å². The fraction of sp³-hybridized carbons (Fsp3) is 0.571. The first kappa shape index (κ1) is 13.5. The highest BCUT2D eigenvalue weighted by molar-refractivity contribution is 9.10. The molecule has 1 saturated carbocycles. The molecule has 1 aromatic rings. The normalized spacial score (nSPS) is 22.7. The number of halogens is 3. The van der Waals surface area contributed by atoms with E-state index in [9.17, 15) is 8.78 Å². The van der Waals surface area contributed by atoms with Gasteiger partial charge in [-0.05, 0) is 36.6 Å². The van der Waals surface area contributed by atoms with Crippen LogP contribution >= 0.6 is 15.9 Å². The van der Waals surface area contributed by atoms with Crippen LogP contribution in [0.15, 0.2) is 22.7 Å². The Morgan fingerprint density at radius 3 is 2.37 bits per heavy atom. The van der Waals surface area contributed by atoms with Gasteiger partial charge in [0.05, 0.1) is 18.6 Å². The number of ether oxygens (including phenoxy) is 2. The van der Waals surface area contributed by atoms with E-state index in [1.54, 1.807) is 6.07 Å². The van der Waals surface area contributed by atoms with Gasteiger partial charge < -0.3 is 9.47 Å². The lowest BCUT2D eigenvalue weighted by Gasteiger charge is -2.42. The van der Waals surface area contributed by atoms with Gasteiger partial charge in [-0.25, -0.2) is 8.78 Å². The largest absolute Gasteiger partial charge is 0.346 e. The maximum atomic E-state index is 13.4. The van der Waals surface area contributed by atoms with E-state index in [0.29, 0.717) is 31.6 Å². The fourth-order valence-corrected chi connectivity index (χ4v) is 3.29. The number of hydrogen-bond acceptors (Lipinski definition) is 2. The highest BCUT2D eigenvalue weighted by Crippen LogP contribution is 2.49. The Labute approximate surface area is 119 Å². The third-order valence-electron chi connectivity index (χ3n) is 4.05. The zero-order valence-corrected chi connectivity index (χ0v) is 12.0. The van der Waals surface area contributed by atoms with E-state index in [2.05, 4.69) is 15.9 Å². The Balaban J connectivity index is 1.97. The van der Waals surface area contributed by atoms with Gasteiger partial charge in [-0.15, -0.1) is 0 Å². The van der Waals surface area contributed by atoms with Crippen molar-refractivity contribution < 1.29 is 18.3 Å². The number of rotatable bonds is 3. The second-order valence-corrected chi connectivity index (χ2v) is 6.07. The van der Waals surface area contributed by atoms with E-state index in [1.807, 2.05) is 12.1 Å². The van der Waals surface area contributed by atoms with E-state index < -0.39 is 18.1 Å². The van der Waals surface area contributed by atoms with Crippen LogP contribution in [0.25, 0.3) is 0 Å². The van der Waals surface area contributed by atoms with Crippen LogP contribution in [0.1, 0.15) is 36.7 Å². The van der Waals surface area contributed by atoms with Crippen molar-refractivity contribution in [2.75, 3.05) is 13.2 Å². The van der Waals surface area contributed by atoms with Gasteiger partial charge in [-0.2, -0.15) is 0 Å². The van der Waals surface area contributed by atoms with Crippen molar-refractivity contribution in [2.24, 2.45) is 0 Å². The van der Waals surface area contributed by atoms with E-state index in [0.717, 1.165) is 16.5 Å². The van der Waals surface area contributed by atoms with Crippen molar-refractivity contribution in [3.63, 3.8) is 0 Å². The van der Waals surface area contributed by atoms with Gasteiger partial charge in [0, 0.05) is 10.0 Å². The first-order valence-electron chi connectivity index (χ1n) is 6.44. The molecular weight excluding hydrogens is 318 g/mol. The molecule has 1 saturated heterocycles. The molecule has 0 N–H and O–H groups in total.